The fourth-order valence-electron chi connectivity index (χ4n) is 2.44. The van der Waals surface area contributed by atoms with E-state index in [0.717, 1.165) is 42.7 Å². The van der Waals surface area contributed by atoms with Crippen LogP contribution in [0.3, 0.4) is 0 Å². The van der Waals surface area contributed by atoms with Gasteiger partial charge in [-0.05, 0) is 40.5 Å². The zero-order chi connectivity index (χ0) is 13.9. The monoisotopic (exact) mass is 347 g/mol. The van der Waals surface area contributed by atoms with Crippen molar-refractivity contribution in [1.29, 1.82) is 0 Å². The zero-order valence-corrected chi connectivity index (χ0v) is 13.4. The van der Waals surface area contributed by atoms with Gasteiger partial charge in [0.05, 0.1) is 10.1 Å². The summed E-state index contributed by atoms with van der Waals surface area (Å²) in [6.07, 6.45) is 1.91. The Labute approximate surface area is 127 Å². The minimum Gasteiger partial charge on any atom is -0.491 e. The molecule has 0 amide bonds. The van der Waals surface area contributed by atoms with Crippen molar-refractivity contribution in [2.45, 2.75) is 25.4 Å². The Morgan fingerprint density at radius 2 is 2.21 bits per heavy atom. The second-order valence-corrected chi connectivity index (χ2v) is 6.40. The summed E-state index contributed by atoms with van der Waals surface area (Å²) in [6, 6.07) is 5.49. The Balaban J connectivity index is 1.71. The van der Waals surface area contributed by atoms with Gasteiger partial charge in [0.1, 0.15) is 12.4 Å². The highest BCUT2D eigenvalue weighted by atomic mass is 79.9. The van der Waals surface area contributed by atoms with E-state index in [1.165, 1.54) is 0 Å². The quantitative estimate of drug-likeness (QED) is 0.856. The summed E-state index contributed by atoms with van der Waals surface area (Å²) in [6.45, 7) is 5.06. The molecule has 1 saturated heterocycles. The van der Waals surface area contributed by atoms with E-state index in [4.69, 9.17) is 16.3 Å². The third-order valence-electron chi connectivity index (χ3n) is 3.31. The molecule has 106 valence electrons. The summed E-state index contributed by atoms with van der Waals surface area (Å²) in [4.78, 5) is 2.21. The maximum absolute atomic E-state index is 10.1. The van der Waals surface area contributed by atoms with Gasteiger partial charge in [-0.25, -0.2) is 0 Å². The third-order valence-corrected chi connectivity index (χ3v) is 4.17. The van der Waals surface area contributed by atoms with E-state index in [1.807, 2.05) is 18.2 Å². The van der Waals surface area contributed by atoms with E-state index < -0.39 is 5.60 Å². The van der Waals surface area contributed by atoms with E-state index in [1.54, 1.807) is 0 Å². The summed E-state index contributed by atoms with van der Waals surface area (Å²) in [5.74, 6) is 0.800. The normalized spacial score (nSPS) is 18.1. The number of hydrogen-bond acceptors (Lipinski definition) is 3. The first kappa shape index (κ1) is 15.1. The molecule has 3 nitrogen and oxygen atoms in total. The van der Waals surface area contributed by atoms with Crippen LogP contribution < -0.4 is 4.74 Å². The molecule has 1 aliphatic rings. The van der Waals surface area contributed by atoms with Gasteiger partial charge in [0.2, 0.25) is 0 Å². The average molecular weight is 349 g/mol. The highest BCUT2D eigenvalue weighted by Crippen LogP contribution is 2.28. The van der Waals surface area contributed by atoms with Crippen LogP contribution in [0.5, 0.6) is 5.75 Å². The number of hydrogen-bond donors (Lipinski definition) is 1. The molecule has 0 saturated carbocycles. The van der Waals surface area contributed by atoms with Crippen molar-refractivity contribution in [3.8, 4) is 5.75 Å². The molecular formula is C14H19BrClNO2. The number of aliphatic hydroxyl groups is 1. The first-order valence-corrected chi connectivity index (χ1v) is 7.72. The van der Waals surface area contributed by atoms with Crippen molar-refractivity contribution in [3.63, 3.8) is 0 Å². The van der Waals surface area contributed by atoms with Gasteiger partial charge in [-0.1, -0.05) is 24.9 Å². The summed E-state index contributed by atoms with van der Waals surface area (Å²) >= 11 is 9.29. The molecule has 0 atom stereocenters. The van der Waals surface area contributed by atoms with E-state index in [0.29, 0.717) is 11.6 Å². The maximum atomic E-state index is 10.1. The van der Waals surface area contributed by atoms with Crippen molar-refractivity contribution in [2.75, 3.05) is 26.2 Å². The fourth-order valence-corrected chi connectivity index (χ4v) is 3.24. The molecule has 0 radical (unpaired) electrons. The molecule has 1 aromatic rings. The SMILES string of the molecule is CCCC1(O)CN(CCOc2ccc(Cl)cc2Br)C1. The Morgan fingerprint density at radius 3 is 2.84 bits per heavy atom. The van der Waals surface area contributed by atoms with Gasteiger partial charge in [-0.3, -0.25) is 4.90 Å². The number of nitrogens with zero attached hydrogens (tertiary/aromatic N) is 1. The van der Waals surface area contributed by atoms with Crippen LogP contribution in [0.15, 0.2) is 22.7 Å². The van der Waals surface area contributed by atoms with Gasteiger partial charge >= 0.3 is 0 Å². The Morgan fingerprint density at radius 1 is 1.47 bits per heavy atom. The van der Waals surface area contributed by atoms with E-state index in [-0.39, 0.29) is 0 Å². The van der Waals surface area contributed by atoms with Crippen LogP contribution in [0.25, 0.3) is 0 Å². The van der Waals surface area contributed by atoms with E-state index >= 15 is 0 Å². The van der Waals surface area contributed by atoms with Crippen LogP contribution in [-0.4, -0.2) is 41.8 Å². The zero-order valence-electron chi connectivity index (χ0n) is 11.0. The summed E-state index contributed by atoms with van der Waals surface area (Å²) in [5, 5.41) is 10.8. The molecule has 19 heavy (non-hydrogen) atoms. The maximum Gasteiger partial charge on any atom is 0.133 e. The predicted molar refractivity (Wildman–Crippen MR) is 80.9 cm³/mol. The summed E-state index contributed by atoms with van der Waals surface area (Å²) in [7, 11) is 0. The standard InChI is InChI=1S/C14H19BrClNO2/c1-2-5-14(18)9-17(10-14)6-7-19-13-4-3-11(16)8-12(13)15/h3-4,8,18H,2,5-7,9-10H2,1H3. The molecule has 0 bridgehead atoms. The van der Waals surface area contributed by atoms with Crippen LogP contribution in [0, 0.1) is 0 Å². The summed E-state index contributed by atoms with van der Waals surface area (Å²) in [5.41, 5.74) is -0.463. The number of likely N-dealkylation sites (tertiary alicyclic amines) is 1. The van der Waals surface area contributed by atoms with Crippen LogP contribution in [0.2, 0.25) is 5.02 Å². The lowest BCUT2D eigenvalue weighted by Gasteiger charge is -2.46. The molecule has 2 rings (SSSR count). The van der Waals surface area contributed by atoms with E-state index in [9.17, 15) is 5.11 Å². The van der Waals surface area contributed by atoms with Gasteiger partial charge in [0, 0.05) is 24.7 Å². The largest absolute Gasteiger partial charge is 0.491 e. The number of benzene rings is 1. The van der Waals surface area contributed by atoms with Gasteiger partial charge < -0.3 is 9.84 Å². The molecule has 0 unspecified atom stereocenters. The number of ether oxygens (including phenoxy) is 1. The van der Waals surface area contributed by atoms with Crippen LogP contribution in [0.1, 0.15) is 19.8 Å². The molecule has 1 heterocycles. The lowest BCUT2D eigenvalue weighted by atomic mass is 9.89. The van der Waals surface area contributed by atoms with Crippen molar-refractivity contribution >= 4 is 27.5 Å². The highest BCUT2D eigenvalue weighted by molar-refractivity contribution is 9.10. The molecule has 0 aromatic heterocycles. The molecule has 1 aromatic carbocycles. The highest BCUT2D eigenvalue weighted by Gasteiger charge is 2.39. The van der Waals surface area contributed by atoms with E-state index in [2.05, 4.69) is 27.8 Å². The van der Waals surface area contributed by atoms with Crippen LogP contribution in [0.4, 0.5) is 0 Å². The molecule has 0 aliphatic carbocycles. The number of β-amino-alcohol motifs (C(OH)–C–C–N with tert-alkyl or cyclic N) is 1. The third kappa shape index (κ3) is 4.09. The van der Waals surface area contributed by atoms with Crippen LogP contribution in [-0.2, 0) is 0 Å². The minimum atomic E-state index is -0.463. The Kier molecular flexibility index (Phi) is 5.12. The van der Waals surface area contributed by atoms with Crippen molar-refractivity contribution in [1.82, 2.24) is 4.90 Å². The molecule has 5 heteroatoms. The first-order chi connectivity index (χ1) is 9.02. The van der Waals surface area contributed by atoms with Crippen molar-refractivity contribution in [3.05, 3.63) is 27.7 Å². The second-order valence-electron chi connectivity index (χ2n) is 5.11. The van der Waals surface area contributed by atoms with Crippen molar-refractivity contribution < 1.29 is 9.84 Å². The smallest absolute Gasteiger partial charge is 0.133 e. The minimum absolute atomic E-state index is 0.463. The Bertz CT molecular complexity index is 435. The molecule has 1 fully saturated rings. The lowest BCUT2D eigenvalue weighted by Crippen LogP contribution is -2.62. The molecular weight excluding hydrogens is 330 g/mol. The predicted octanol–water partition coefficient (Wildman–Crippen LogP) is 3.33. The van der Waals surface area contributed by atoms with Gasteiger partial charge in [0.25, 0.3) is 0 Å². The molecule has 1 N–H and O–H groups in total. The van der Waals surface area contributed by atoms with Gasteiger partial charge in [-0.2, -0.15) is 0 Å². The van der Waals surface area contributed by atoms with Crippen LogP contribution >= 0.6 is 27.5 Å². The topological polar surface area (TPSA) is 32.7 Å². The molecule has 0 spiro atoms. The van der Waals surface area contributed by atoms with Crippen molar-refractivity contribution in [2.24, 2.45) is 0 Å². The van der Waals surface area contributed by atoms with Gasteiger partial charge in [0.15, 0.2) is 0 Å². The lowest BCUT2D eigenvalue weighted by molar-refractivity contribution is -0.105. The molecule has 1 aliphatic heterocycles. The average Bonchev–Trinajstić information content (AvgIpc) is 2.30. The summed E-state index contributed by atoms with van der Waals surface area (Å²) < 4.78 is 6.56. The number of rotatable bonds is 6. The fraction of sp³-hybridized carbons (Fsp3) is 0.571. The first-order valence-electron chi connectivity index (χ1n) is 6.55. The second kappa shape index (κ2) is 6.44. The number of halogens is 2. The van der Waals surface area contributed by atoms with Gasteiger partial charge in [-0.15, -0.1) is 0 Å². The Hall–Kier alpha value is -0.290.